The smallest absolute Gasteiger partial charge is 0.259 e. The second-order valence-corrected chi connectivity index (χ2v) is 5.66. The van der Waals surface area contributed by atoms with Crippen molar-refractivity contribution in [3.8, 4) is 11.4 Å². The number of benzene rings is 2. The Bertz CT molecular complexity index is 886. The molecule has 0 atom stereocenters. The number of anilines is 1. The molecule has 2 aromatic carbocycles. The monoisotopic (exact) mass is 353 g/mol. The van der Waals surface area contributed by atoms with Gasteiger partial charge in [0.15, 0.2) is 0 Å². The van der Waals surface area contributed by atoms with Crippen molar-refractivity contribution in [3.63, 3.8) is 0 Å². The predicted molar refractivity (Wildman–Crippen MR) is 98.5 cm³/mol. The van der Waals surface area contributed by atoms with E-state index in [0.717, 1.165) is 11.4 Å². The lowest BCUT2D eigenvalue weighted by Crippen LogP contribution is -2.14. The first-order valence-corrected chi connectivity index (χ1v) is 8.49. The lowest BCUT2D eigenvalue weighted by molar-refractivity contribution is 0.102. The van der Waals surface area contributed by atoms with Gasteiger partial charge in [-0.2, -0.15) is 5.10 Å². The van der Waals surface area contributed by atoms with Gasteiger partial charge >= 0.3 is 0 Å². The molecule has 3 rings (SSSR count). The van der Waals surface area contributed by atoms with Crippen molar-refractivity contribution >= 4 is 11.6 Å². The van der Waals surface area contributed by atoms with Crippen LogP contribution in [0.25, 0.3) is 5.69 Å². The molecule has 0 aliphatic heterocycles. The van der Waals surface area contributed by atoms with Gasteiger partial charge in [-0.25, -0.2) is 9.07 Å². The standard InChI is InChI=1S/C20H20FN3O2/c1-3-19-18(13-22-24(19)16-9-5-14(21)6-10-16)20(25)23-15-7-11-17(12-8-15)26-4-2/h5-13H,3-4H2,1-2H3,(H,23,25). The summed E-state index contributed by atoms with van der Waals surface area (Å²) in [5, 5.41) is 7.17. The maximum Gasteiger partial charge on any atom is 0.259 e. The van der Waals surface area contributed by atoms with Crippen LogP contribution < -0.4 is 10.1 Å². The van der Waals surface area contributed by atoms with Crippen molar-refractivity contribution < 1.29 is 13.9 Å². The van der Waals surface area contributed by atoms with Gasteiger partial charge in [-0.3, -0.25) is 4.79 Å². The number of hydrogen-bond acceptors (Lipinski definition) is 3. The Morgan fingerprint density at radius 3 is 2.42 bits per heavy atom. The van der Waals surface area contributed by atoms with Crippen LogP contribution >= 0.6 is 0 Å². The number of halogens is 1. The molecule has 1 heterocycles. The summed E-state index contributed by atoms with van der Waals surface area (Å²) in [6, 6.07) is 13.2. The van der Waals surface area contributed by atoms with Crippen molar-refractivity contribution in [2.24, 2.45) is 0 Å². The lowest BCUT2D eigenvalue weighted by Gasteiger charge is -2.09. The van der Waals surface area contributed by atoms with Crippen LogP contribution in [0.15, 0.2) is 54.7 Å². The van der Waals surface area contributed by atoms with E-state index in [-0.39, 0.29) is 11.7 Å². The second kappa shape index (κ2) is 7.82. The molecule has 0 aliphatic carbocycles. The third-order valence-electron chi connectivity index (χ3n) is 3.94. The van der Waals surface area contributed by atoms with Crippen LogP contribution in [-0.4, -0.2) is 22.3 Å². The van der Waals surface area contributed by atoms with Gasteiger partial charge in [-0.05, 0) is 61.9 Å². The zero-order valence-corrected chi connectivity index (χ0v) is 14.7. The van der Waals surface area contributed by atoms with Gasteiger partial charge in [0.2, 0.25) is 0 Å². The molecule has 1 amide bonds. The molecule has 0 spiro atoms. The number of amides is 1. The predicted octanol–water partition coefficient (Wildman–Crippen LogP) is 4.22. The molecule has 0 bridgehead atoms. The van der Waals surface area contributed by atoms with E-state index in [0.29, 0.717) is 30.0 Å². The summed E-state index contributed by atoms with van der Waals surface area (Å²) in [6.07, 6.45) is 2.15. The summed E-state index contributed by atoms with van der Waals surface area (Å²) in [4.78, 5) is 12.6. The van der Waals surface area contributed by atoms with Gasteiger partial charge in [0.1, 0.15) is 11.6 Å². The molecule has 0 saturated carbocycles. The summed E-state index contributed by atoms with van der Waals surface area (Å²) in [7, 11) is 0. The van der Waals surface area contributed by atoms with Crippen molar-refractivity contribution in [3.05, 3.63) is 71.8 Å². The minimum Gasteiger partial charge on any atom is -0.494 e. The highest BCUT2D eigenvalue weighted by Crippen LogP contribution is 2.20. The summed E-state index contributed by atoms with van der Waals surface area (Å²) < 4.78 is 20.2. The molecular formula is C20H20FN3O2. The number of ether oxygens (including phenoxy) is 1. The van der Waals surface area contributed by atoms with Crippen LogP contribution in [0.2, 0.25) is 0 Å². The van der Waals surface area contributed by atoms with Gasteiger partial charge in [-0.15, -0.1) is 0 Å². The summed E-state index contributed by atoms with van der Waals surface area (Å²) >= 11 is 0. The molecule has 0 unspecified atom stereocenters. The molecule has 26 heavy (non-hydrogen) atoms. The highest BCUT2D eigenvalue weighted by molar-refractivity contribution is 6.05. The van der Waals surface area contributed by atoms with E-state index in [2.05, 4.69) is 10.4 Å². The Hall–Kier alpha value is -3.15. The first-order valence-electron chi connectivity index (χ1n) is 8.49. The van der Waals surface area contributed by atoms with E-state index >= 15 is 0 Å². The van der Waals surface area contributed by atoms with Gasteiger partial charge in [-0.1, -0.05) is 6.92 Å². The van der Waals surface area contributed by atoms with Gasteiger partial charge < -0.3 is 10.1 Å². The van der Waals surface area contributed by atoms with E-state index in [1.165, 1.54) is 18.3 Å². The molecular weight excluding hydrogens is 333 g/mol. The SMILES string of the molecule is CCOc1ccc(NC(=O)c2cnn(-c3ccc(F)cc3)c2CC)cc1. The van der Waals surface area contributed by atoms with Gasteiger partial charge in [0.25, 0.3) is 5.91 Å². The molecule has 5 nitrogen and oxygen atoms in total. The third kappa shape index (κ3) is 3.74. The van der Waals surface area contributed by atoms with E-state index in [9.17, 15) is 9.18 Å². The quantitative estimate of drug-likeness (QED) is 0.722. The van der Waals surface area contributed by atoms with Crippen molar-refractivity contribution in [1.82, 2.24) is 9.78 Å². The number of carbonyl (C=O) groups is 1. The summed E-state index contributed by atoms with van der Waals surface area (Å²) in [5.41, 5.74) is 2.64. The summed E-state index contributed by atoms with van der Waals surface area (Å²) in [5.74, 6) is 0.204. The van der Waals surface area contributed by atoms with E-state index in [1.54, 1.807) is 28.9 Å². The molecule has 134 valence electrons. The minimum atomic E-state index is -0.313. The lowest BCUT2D eigenvalue weighted by atomic mass is 10.1. The highest BCUT2D eigenvalue weighted by Gasteiger charge is 2.17. The van der Waals surface area contributed by atoms with E-state index in [4.69, 9.17) is 4.74 Å². The highest BCUT2D eigenvalue weighted by atomic mass is 19.1. The zero-order valence-electron chi connectivity index (χ0n) is 14.7. The fourth-order valence-corrected chi connectivity index (χ4v) is 2.71. The Kier molecular flexibility index (Phi) is 5.31. The van der Waals surface area contributed by atoms with Gasteiger partial charge in [0.05, 0.1) is 29.7 Å². The number of carbonyl (C=O) groups excluding carboxylic acids is 1. The maximum absolute atomic E-state index is 13.1. The van der Waals surface area contributed by atoms with Gasteiger partial charge in [0, 0.05) is 5.69 Å². The number of nitrogens with one attached hydrogen (secondary N) is 1. The van der Waals surface area contributed by atoms with Crippen LogP contribution in [0.4, 0.5) is 10.1 Å². The Morgan fingerprint density at radius 1 is 1.12 bits per heavy atom. The molecule has 0 saturated heterocycles. The third-order valence-corrected chi connectivity index (χ3v) is 3.94. The number of aromatic nitrogens is 2. The van der Waals surface area contributed by atoms with E-state index < -0.39 is 0 Å². The Morgan fingerprint density at radius 2 is 1.81 bits per heavy atom. The first-order chi connectivity index (χ1) is 12.6. The Balaban J connectivity index is 1.82. The fourth-order valence-electron chi connectivity index (χ4n) is 2.71. The number of rotatable bonds is 6. The van der Waals surface area contributed by atoms with Crippen LogP contribution in [0.5, 0.6) is 5.75 Å². The molecule has 0 radical (unpaired) electrons. The second-order valence-electron chi connectivity index (χ2n) is 5.66. The van der Waals surface area contributed by atoms with E-state index in [1.807, 2.05) is 26.0 Å². The average Bonchev–Trinajstić information content (AvgIpc) is 3.08. The fraction of sp³-hybridized carbons (Fsp3) is 0.200. The number of nitrogens with zero attached hydrogens (tertiary/aromatic N) is 2. The van der Waals surface area contributed by atoms with Crippen LogP contribution in [0.1, 0.15) is 29.9 Å². The van der Waals surface area contributed by atoms with Crippen LogP contribution in [0, 0.1) is 5.82 Å². The molecule has 3 aromatic rings. The van der Waals surface area contributed by atoms with Crippen molar-refractivity contribution in [1.29, 1.82) is 0 Å². The van der Waals surface area contributed by atoms with Crippen molar-refractivity contribution in [2.75, 3.05) is 11.9 Å². The normalized spacial score (nSPS) is 10.6. The van der Waals surface area contributed by atoms with Crippen molar-refractivity contribution in [2.45, 2.75) is 20.3 Å². The average molecular weight is 353 g/mol. The molecule has 0 fully saturated rings. The minimum absolute atomic E-state index is 0.237. The molecule has 1 aromatic heterocycles. The topological polar surface area (TPSA) is 56.1 Å². The largest absolute Gasteiger partial charge is 0.494 e. The summed E-state index contributed by atoms with van der Waals surface area (Å²) in [6.45, 7) is 4.46. The van der Waals surface area contributed by atoms with Crippen LogP contribution in [-0.2, 0) is 6.42 Å². The number of hydrogen-bond donors (Lipinski definition) is 1. The first kappa shape index (κ1) is 17.7. The molecule has 1 N–H and O–H groups in total. The molecule has 6 heteroatoms. The maximum atomic E-state index is 13.1. The van der Waals surface area contributed by atoms with Crippen LogP contribution in [0.3, 0.4) is 0 Å². The molecule has 0 aliphatic rings. The Labute approximate surface area is 151 Å². The zero-order chi connectivity index (χ0) is 18.5.